The molecule has 0 aromatic carbocycles. The Kier molecular flexibility index (Phi) is 4.37. The largest absolute Gasteiger partial charge is 0.446 e. The average Bonchev–Trinajstić information content (AvgIpc) is 1.82. The van der Waals surface area contributed by atoms with Crippen LogP contribution in [-0.4, -0.2) is 12.2 Å². The van der Waals surface area contributed by atoms with Gasteiger partial charge in [0.1, 0.15) is 6.10 Å². The van der Waals surface area contributed by atoms with E-state index < -0.39 is 6.09 Å². The quantitative estimate of drug-likeness (QED) is 0.608. The lowest BCUT2D eigenvalue weighted by molar-refractivity contribution is 0.117. The van der Waals surface area contributed by atoms with Crippen LogP contribution in [-0.2, 0) is 4.74 Å². The molecule has 0 saturated carbocycles. The van der Waals surface area contributed by atoms with E-state index in [1.165, 1.54) is 0 Å². The molecule has 10 heavy (non-hydrogen) atoms. The van der Waals surface area contributed by atoms with Gasteiger partial charge in [0.05, 0.1) is 0 Å². The molecule has 1 unspecified atom stereocenters. The Labute approximate surface area is 60.9 Å². The number of hydrogen-bond donors (Lipinski definition) is 1. The van der Waals surface area contributed by atoms with Gasteiger partial charge in [0.25, 0.3) is 0 Å². The number of amides is 1. The lowest BCUT2D eigenvalue weighted by Gasteiger charge is -2.07. The summed E-state index contributed by atoms with van der Waals surface area (Å²) in [4.78, 5) is 10.1. The Balaban J connectivity index is 3.43. The zero-order chi connectivity index (χ0) is 7.98. The summed E-state index contributed by atoms with van der Waals surface area (Å²) in [5, 5.41) is 0. The summed E-state index contributed by atoms with van der Waals surface area (Å²) in [5.74, 6) is 0. The summed E-state index contributed by atoms with van der Waals surface area (Å²) in [7, 11) is 0. The maximum Gasteiger partial charge on any atom is 0.404 e. The zero-order valence-corrected chi connectivity index (χ0v) is 6.33. The first-order valence-corrected chi connectivity index (χ1v) is 3.24. The molecule has 0 aliphatic carbocycles. The summed E-state index contributed by atoms with van der Waals surface area (Å²) in [6, 6.07) is 0. The second kappa shape index (κ2) is 4.85. The maximum absolute atomic E-state index is 10.1. The number of nitrogens with two attached hydrogens (primary N) is 1. The Morgan fingerprint density at radius 2 is 2.40 bits per heavy atom. The Bertz CT molecular complexity index is 132. The van der Waals surface area contributed by atoms with Gasteiger partial charge in [0, 0.05) is 6.42 Å². The van der Waals surface area contributed by atoms with E-state index in [1.54, 1.807) is 6.92 Å². The molecule has 3 heteroatoms. The number of rotatable bonds is 3. The van der Waals surface area contributed by atoms with Crippen LogP contribution in [0.2, 0.25) is 0 Å². The topological polar surface area (TPSA) is 52.3 Å². The Morgan fingerprint density at radius 3 is 2.80 bits per heavy atom. The molecule has 58 valence electrons. The van der Waals surface area contributed by atoms with Crippen molar-refractivity contribution in [3.63, 3.8) is 0 Å². The fourth-order valence-electron chi connectivity index (χ4n) is 0.574. The third kappa shape index (κ3) is 5.15. The molecule has 0 radical (unpaired) electrons. The summed E-state index contributed by atoms with van der Waals surface area (Å²) < 4.78 is 4.64. The highest BCUT2D eigenvalue weighted by Crippen LogP contribution is 1.97. The predicted molar refractivity (Wildman–Crippen MR) is 39.6 cm³/mol. The van der Waals surface area contributed by atoms with Crippen LogP contribution in [0.15, 0.2) is 12.2 Å². The van der Waals surface area contributed by atoms with Crippen molar-refractivity contribution in [1.29, 1.82) is 0 Å². The molecule has 2 N–H and O–H groups in total. The molecule has 0 fully saturated rings. The van der Waals surface area contributed by atoms with Gasteiger partial charge in [-0.1, -0.05) is 12.2 Å². The Morgan fingerprint density at radius 1 is 1.80 bits per heavy atom. The minimum atomic E-state index is -0.711. The highest BCUT2D eigenvalue weighted by atomic mass is 16.6. The van der Waals surface area contributed by atoms with E-state index in [-0.39, 0.29) is 6.10 Å². The molecule has 1 amide bonds. The molecular weight excluding hydrogens is 130 g/mol. The molecule has 0 aromatic rings. The van der Waals surface area contributed by atoms with Crippen LogP contribution in [0.25, 0.3) is 0 Å². The van der Waals surface area contributed by atoms with Crippen molar-refractivity contribution < 1.29 is 9.53 Å². The second-order valence-electron chi connectivity index (χ2n) is 2.05. The van der Waals surface area contributed by atoms with E-state index >= 15 is 0 Å². The smallest absolute Gasteiger partial charge is 0.404 e. The third-order valence-electron chi connectivity index (χ3n) is 1.02. The van der Waals surface area contributed by atoms with Crippen LogP contribution >= 0.6 is 0 Å². The van der Waals surface area contributed by atoms with Gasteiger partial charge in [-0.15, -0.1) is 0 Å². The van der Waals surface area contributed by atoms with E-state index in [2.05, 4.69) is 4.74 Å². The van der Waals surface area contributed by atoms with E-state index in [0.717, 1.165) is 6.42 Å². The molecule has 0 aromatic heterocycles. The van der Waals surface area contributed by atoms with E-state index in [4.69, 9.17) is 5.73 Å². The zero-order valence-electron chi connectivity index (χ0n) is 6.33. The van der Waals surface area contributed by atoms with Crippen LogP contribution in [0, 0.1) is 0 Å². The van der Waals surface area contributed by atoms with Crippen molar-refractivity contribution in [2.45, 2.75) is 26.4 Å². The number of ether oxygens (including phenoxy) is 1. The van der Waals surface area contributed by atoms with Gasteiger partial charge >= 0.3 is 6.09 Å². The minimum absolute atomic E-state index is 0.117. The number of hydrogen-bond acceptors (Lipinski definition) is 2. The molecule has 0 aliphatic heterocycles. The van der Waals surface area contributed by atoms with Crippen LogP contribution in [0.5, 0.6) is 0 Å². The van der Waals surface area contributed by atoms with Crippen LogP contribution in [0.3, 0.4) is 0 Å². The molecule has 0 bridgehead atoms. The van der Waals surface area contributed by atoms with E-state index in [9.17, 15) is 4.79 Å². The van der Waals surface area contributed by atoms with E-state index in [1.807, 2.05) is 19.1 Å². The monoisotopic (exact) mass is 143 g/mol. The van der Waals surface area contributed by atoms with Crippen molar-refractivity contribution in [2.75, 3.05) is 0 Å². The SMILES string of the molecule is CC=CCC(C)OC(N)=O. The molecule has 3 nitrogen and oxygen atoms in total. The van der Waals surface area contributed by atoms with Gasteiger partial charge in [-0.25, -0.2) is 4.79 Å². The highest BCUT2D eigenvalue weighted by molar-refractivity contribution is 5.64. The summed E-state index contributed by atoms with van der Waals surface area (Å²) >= 11 is 0. The van der Waals surface area contributed by atoms with Crippen LogP contribution in [0.4, 0.5) is 4.79 Å². The van der Waals surface area contributed by atoms with Gasteiger partial charge in [0.15, 0.2) is 0 Å². The number of primary amides is 1. The number of allylic oxidation sites excluding steroid dienone is 1. The number of carbonyl (C=O) groups is 1. The fraction of sp³-hybridized carbons (Fsp3) is 0.571. The standard InChI is InChI=1S/C7H13NO2/c1-3-4-5-6(2)10-7(8)9/h3-4,6H,5H2,1-2H3,(H2,8,9). The first-order valence-electron chi connectivity index (χ1n) is 3.24. The lowest BCUT2D eigenvalue weighted by atomic mass is 10.3. The van der Waals surface area contributed by atoms with Gasteiger partial charge in [0.2, 0.25) is 0 Å². The first kappa shape index (κ1) is 9.01. The second-order valence-corrected chi connectivity index (χ2v) is 2.05. The summed E-state index contributed by atoms with van der Waals surface area (Å²) in [5.41, 5.74) is 4.78. The summed E-state index contributed by atoms with van der Waals surface area (Å²) in [6.07, 6.45) is 3.72. The van der Waals surface area contributed by atoms with Crippen molar-refractivity contribution >= 4 is 6.09 Å². The van der Waals surface area contributed by atoms with Crippen molar-refractivity contribution in [2.24, 2.45) is 5.73 Å². The average molecular weight is 143 g/mol. The molecular formula is C7H13NO2. The molecule has 1 atom stereocenters. The van der Waals surface area contributed by atoms with Gasteiger partial charge < -0.3 is 10.5 Å². The summed E-state index contributed by atoms with van der Waals surface area (Å²) in [6.45, 7) is 3.71. The molecule has 0 saturated heterocycles. The predicted octanol–water partition coefficient (Wildman–Crippen LogP) is 1.44. The van der Waals surface area contributed by atoms with Crippen LogP contribution in [0.1, 0.15) is 20.3 Å². The normalized spacial score (nSPS) is 13.4. The highest BCUT2D eigenvalue weighted by Gasteiger charge is 2.01. The molecule has 0 heterocycles. The maximum atomic E-state index is 10.1. The molecule has 0 spiro atoms. The van der Waals surface area contributed by atoms with Gasteiger partial charge in [-0.05, 0) is 13.8 Å². The van der Waals surface area contributed by atoms with Crippen LogP contribution < -0.4 is 5.73 Å². The van der Waals surface area contributed by atoms with E-state index in [0.29, 0.717) is 0 Å². The molecule has 0 aliphatic rings. The van der Waals surface area contributed by atoms with Crippen molar-refractivity contribution in [3.05, 3.63) is 12.2 Å². The first-order chi connectivity index (χ1) is 4.66. The van der Waals surface area contributed by atoms with Gasteiger partial charge in [-0.2, -0.15) is 0 Å². The number of carbonyl (C=O) groups excluding carboxylic acids is 1. The Hall–Kier alpha value is -0.990. The third-order valence-corrected chi connectivity index (χ3v) is 1.02. The molecule has 0 rings (SSSR count). The van der Waals surface area contributed by atoms with Crippen molar-refractivity contribution in [1.82, 2.24) is 0 Å². The fourth-order valence-corrected chi connectivity index (χ4v) is 0.574. The minimum Gasteiger partial charge on any atom is -0.446 e. The lowest BCUT2D eigenvalue weighted by Crippen LogP contribution is -2.19. The van der Waals surface area contributed by atoms with Gasteiger partial charge in [-0.3, -0.25) is 0 Å². The van der Waals surface area contributed by atoms with Crippen molar-refractivity contribution in [3.8, 4) is 0 Å².